The van der Waals surface area contributed by atoms with Crippen LogP contribution in [0.15, 0.2) is 103 Å². The maximum absolute atomic E-state index is 3.61. The average Bonchev–Trinajstić information content (AvgIpc) is 3.00. The number of nitrogens with one attached hydrogen (secondary N) is 3. The molecule has 0 unspecified atom stereocenters. The predicted octanol–water partition coefficient (Wildman–Crippen LogP) is 8.15. The number of allylic oxidation sites excluding steroid dienone is 4. The summed E-state index contributed by atoms with van der Waals surface area (Å²) in [5.74, 6) is 2.09. The van der Waals surface area contributed by atoms with Crippen molar-refractivity contribution in [3.63, 3.8) is 0 Å². The van der Waals surface area contributed by atoms with E-state index in [1.54, 1.807) is 0 Å². The SMILES string of the molecule is C/C=C(\C=C/NCC)/C=C/c1ccccc1NCCSSCCNc1ccccc1/C=C/c1cc[n+](CC)cc1. The Morgan fingerprint density at radius 1 is 0.750 bits per heavy atom. The molecule has 0 bridgehead atoms. The lowest BCUT2D eigenvalue weighted by Crippen LogP contribution is -2.30. The third-order valence-electron chi connectivity index (χ3n) is 6.13. The van der Waals surface area contributed by atoms with Crippen LogP contribution < -0.4 is 20.5 Å². The van der Waals surface area contributed by atoms with Crippen molar-refractivity contribution in [3.8, 4) is 0 Å². The number of hydrogen-bond donors (Lipinski definition) is 3. The molecule has 0 saturated carbocycles. The Hall–Kier alpha value is -3.35. The number of para-hydroxylation sites is 2. The molecule has 0 spiro atoms. The molecule has 0 aliphatic carbocycles. The van der Waals surface area contributed by atoms with Crippen molar-refractivity contribution in [1.29, 1.82) is 0 Å². The first-order valence-corrected chi connectivity index (χ1v) is 16.5. The molecule has 3 rings (SSSR count). The molecule has 0 amide bonds. The summed E-state index contributed by atoms with van der Waals surface area (Å²) in [6.07, 6.45) is 19.1. The van der Waals surface area contributed by atoms with E-state index in [2.05, 4.69) is 151 Å². The van der Waals surface area contributed by atoms with Gasteiger partial charge in [0.15, 0.2) is 12.4 Å². The molecule has 210 valence electrons. The summed E-state index contributed by atoms with van der Waals surface area (Å²) >= 11 is 0. The fourth-order valence-electron chi connectivity index (χ4n) is 3.86. The molecule has 1 aromatic heterocycles. The molecule has 4 nitrogen and oxygen atoms in total. The van der Waals surface area contributed by atoms with E-state index in [4.69, 9.17) is 0 Å². The van der Waals surface area contributed by atoms with Gasteiger partial charge >= 0.3 is 0 Å². The van der Waals surface area contributed by atoms with E-state index >= 15 is 0 Å². The zero-order chi connectivity index (χ0) is 28.3. The Labute approximate surface area is 249 Å². The number of nitrogens with zero attached hydrogens (tertiary/aromatic N) is 1. The molecule has 3 N–H and O–H groups in total. The largest absolute Gasteiger partial charge is 0.391 e. The molecule has 3 aromatic rings. The Morgan fingerprint density at radius 2 is 1.35 bits per heavy atom. The number of hydrogen-bond acceptors (Lipinski definition) is 5. The van der Waals surface area contributed by atoms with Crippen molar-refractivity contribution < 1.29 is 4.57 Å². The van der Waals surface area contributed by atoms with Crippen LogP contribution in [0, 0.1) is 0 Å². The molecule has 2 aromatic carbocycles. The topological polar surface area (TPSA) is 40.0 Å². The van der Waals surface area contributed by atoms with Gasteiger partial charge in [-0.2, -0.15) is 0 Å². The monoisotopic (exact) mass is 571 g/mol. The molecule has 6 heteroatoms. The fraction of sp³-hybridized carbons (Fsp3) is 0.265. The second-order valence-electron chi connectivity index (χ2n) is 8.98. The van der Waals surface area contributed by atoms with Crippen molar-refractivity contribution in [2.45, 2.75) is 27.3 Å². The fourth-order valence-corrected chi connectivity index (χ4v) is 5.68. The van der Waals surface area contributed by atoms with Crippen LogP contribution in [0.4, 0.5) is 11.4 Å². The highest BCUT2D eigenvalue weighted by Gasteiger charge is 2.01. The molecule has 0 radical (unpaired) electrons. The molecular weight excluding hydrogens is 529 g/mol. The number of rotatable bonds is 17. The summed E-state index contributed by atoms with van der Waals surface area (Å²) in [7, 11) is 3.83. The van der Waals surface area contributed by atoms with Crippen LogP contribution >= 0.6 is 21.6 Å². The van der Waals surface area contributed by atoms with E-state index in [0.717, 1.165) is 37.7 Å². The van der Waals surface area contributed by atoms with E-state index in [1.807, 2.05) is 27.8 Å². The molecular formula is C34H43N4S2+. The van der Waals surface area contributed by atoms with Gasteiger partial charge in [0.1, 0.15) is 6.54 Å². The summed E-state index contributed by atoms with van der Waals surface area (Å²) in [4.78, 5) is 0. The third kappa shape index (κ3) is 11.4. The van der Waals surface area contributed by atoms with Crippen molar-refractivity contribution in [2.24, 2.45) is 0 Å². The maximum Gasteiger partial charge on any atom is 0.169 e. The molecule has 1 heterocycles. The minimum atomic E-state index is 0.927. The van der Waals surface area contributed by atoms with Gasteiger partial charge in [-0.1, -0.05) is 88.4 Å². The van der Waals surface area contributed by atoms with E-state index in [0.29, 0.717) is 0 Å². The van der Waals surface area contributed by atoms with Gasteiger partial charge in [0, 0.05) is 54.6 Å². The van der Waals surface area contributed by atoms with Gasteiger partial charge in [0.25, 0.3) is 0 Å². The number of aryl methyl sites for hydroxylation is 1. The summed E-state index contributed by atoms with van der Waals surface area (Å²) in [6.45, 7) is 10.1. The Kier molecular flexibility index (Phi) is 14.7. The van der Waals surface area contributed by atoms with Crippen molar-refractivity contribution in [1.82, 2.24) is 5.32 Å². The minimum Gasteiger partial charge on any atom is -0.391 e. The second kappa shape index (κ2) is 18.9. The van der Waals surface area contributed by atoms with Crippen LogP contribution in [-0.2, 0) is 6.54 Å². The molecule has 40 heavy (non-hydrogen) atoms. The Bertz CT molecular complexity index is 1260. The lowest BCUT2D eigenvalue weighted by Gasteiger charge is -2.11. The number of aromatic nitrogens is 1. The number of pyridine rings is 1. The Balaban J connectivity index is 1.38. The molecule has 0 saturated heterocycles. The van der Waals surface area contributed by atoms with Gasteiger partial charge in [-0.3, -0.25) is 0 Å². The van der Waals surface area contributed by atoms with Gasteiger partial charge < -0.3 is 16.0 Å². The maximum atomic E-state index is 3.61. The standard InChI is InChI=1S/C34H42N4S2/c1-4-29(19-22-35-5-2)15-17-31-11-7-9-13-33(31)36-23-27-39-40-28-24-37-34-14-10-8-12-32(34)18-16-30-20-25-38(6-3)26-21-30/h4,7-22,25-26,35-36H,5-6,23-24,27-28H2,1-3H3/p+1/b17-15+,22-19-,29-4-. The highest BCUT2D eigenvalue weighted by atomic mass is 33.1. The van der Waals surface area contributed by atoms with Crippen molar-refractivity contribution in [3.05, 3.63) is 120 Å². The van der Waals surface area contributed by atoms with E-state index in [-0.39, 0.29) is 0 Å². The zero-order valence-corrected chi connectivity index (χ0v) is 25.6. The Morgan fingerprint density at radius 3 is 1.93 bits per heavy atom. The summed E-state index contributed by atoms with van der Waals surface area (Å²) in [6, 6.07) is 21.3. The van der Waals surface area contributed by atoms with Gasteiger partial charge in [0.05, 0.1) is 0 Å². The quantitative estimate of drug-likeness (QED) is 0.0660. The zero-order valence-electron chi connectivity index (χ0n) is 24.0. The first-order chi connectivity index (χ1) is 19.7. The molecule has 0 fully saturated rings. The summed E-state index contributed by atoms with van der Waals surface area (Å²) < 4.78 is 2.17. The van der Waals surface area contributed by atoms with Crippen LogP contribution in [0.25, 0.3) is 18.2 Å². The highest BCUT2D eigenvalue weighted by Crippen LogP contribution is 2.23. The van der Waals surface area contributed by atoms with Gasteiger partial charge in [-0.15, -0.1) is 0 Å². The summed E-state index contributed by atoms with van der Waals surface area (Å²) in [5, 5.41) is 10.4. The number of anilines is 2. The molecule has 0 aliphatic heterocycles. The average molecular weight is 572 g/mol. The minimum absolute atomic E-state index is 0.927. The lowest BCUT2D eigenvalue weighted by atomic mass is 10.1. The van der Waals surface area contributed by atoms with Crippen molar-refractivity contribution in [2.75, 3.05) is 41.8 Å². The van der Waals surface area contributed by atoms with Crippen LogP contribution in [0.5, 0.6) is 0 Å². The third-order valence-corrected chi connectivity index (χ3v) is 8.54. The van der Waals surface area contributed by atoms with Crippen LogP contribution in [0.1, 0.15) is 37.5 Å². The van der Waals surface area contributed by atoms with E-state index in [9.17, 15) is 0 Å². The lowest BCUT2D eigenvalue weighted by molar-refractivity contribution is -0.693. The number of benzene rings is 2. The first kappa shape index (κ1) is 31.2. The highest BCUT2D eigenvalue weighted by molar-refractivity contribution is 8.76. The molecule has 0 aliphatic rings. The van der Waals surface area contributed by atoms with E-state index < -0.39 is 0 Å². The second-order valence-corrected chi connectivity index (χ2v) is 11.7. The first-order valence-electron chi connectivity index (χ1n) is 14.0. The smallest absolute Gasteiger partial charge is 0.169 e. The normalized spacial score (nSPS) is 12.0. The van der Waals surface area contributed by atoms with Gasteiger partial charge in [-0.05, 0) is 67.4 Å². The van der Waals surface area contributed by atoms with E-state index in [1.165, 1.54) is 33.6 Å². The van der Waals surface area contributed by atoms with Crippen LogP contribution in [-0.4, -0.2) is 31.1 Å². The van der Waals surface area contributed by atoms with Gasteiger partial charge in [0.2, 0.25) is 0 Å². The van der Waals surface area contributed by atoms with Gasteiger partial charge in [-0.25, -0.2) is 4.57 Å². The molecule has 0 atom stereocenters. The van der Waals surface area contributed by atoms with Crippen LogP contribution in [0.2, 0.25) is 0 Å². The summed E-state index contributed by atoms with van der Waals surface area (Å²) in [5.41, 5.74) is 7.13. The van der Waals surface area contributed by atoms with Crippen molar-refractivity contribution >= 4 is 51.2 Å². The predicted molar refractivity (Wildman–Crippen MR) is 182 cm³/mol. The van der Waals surface area contributed by atoms with Crippen LogP contribution in [0.3, 0.4) is 0 Å².